The van der Waals surface area contributed by atoms with E-state index in [2.05, 4.69) is 0 Å². The first-order valence-electron chi connectivity index (χ1n) is 7.79. The molecule has 3 nitrogen and oxygen atoms in total. The smallest absolute Gasteiger partial charge is 0.115 e. The predicted molar refractivity (Wildman–Crippen MR) is 99.5 cm³/mol. The molecule has 0 unspecified atom stereocenters. The van der Waals surface area contributed by atoms with E-state index < -0.39 is 0 Å². The standard InChI is InChI=1S/C21H14ClNO2/c22-18-5-1-14(2-6-18)20-11-17(16-9-10-25-13-16)12-21(23-20)15-3-7-19(24)8-4-15/h1-13,24H. The first-order valence-corrected chi connectivity index (χ1v) is 8.17. The van der Waals surface area contributed by atoms with Crippen LogP contribution in [0, 0.1) is 0 Å². The molecule has 1 N–H and O–H groups in total. The number of nitrogens with zero attached hydrogens (tertiary/aromatic N) is 1. The van der Waals surface area contributed by atoms with E-state index in [0.29, 0.717) is 5.02 Å². The molecular formula is C21H14ClNO2. The molecule has 4 heteroatoms. The minimum Gasteiger partial charge on any atom is -0.508 e. The molecule has 0 amide bonds. The number of benzene rings is 2. The quantitative estimate of drug-likeness (QED) is 0.491. The molecule has 0 atom stereocenters. The molecule has 2 heterocycles. The minimum atomic E-state index is 0.229. The Labute approximate surface area is 150 Å². The van der Waals surface area contributed by atoms with Gasteiger partial charge in [0.25, 0.3) is 0 Å². The van der Waals surface area contributed by atoms with Crippen LogP contribution >= 0.6 is 11.6 Å². The summed E-state index contributed by atoms with van der Waals surface area (Å²) < 4.78 is 5.22. The molecule has 0 aliphatic rings. The SMILES string of the molecule is Oc1ccc(-c2cc(-c3ccoc3)cc(-c3ccc(Cl)cc3)n2)cc1. The molecule has 0 saturated carbocycles. The molecule has 2 aromatic heterocycles. The van der Waals surface area contributed by atoms with Crippen LogP contribution in [0.2, 0.25) is 5.02 Å². The fourth-order valence-corrected chi connectivity index (χ4v) is 2.80. The second-order valence-electron chi connectivity index (χ2n) is 5.69. The van der Waals surface area contributed by atoms with Gasteiger partial charge in [-0.2, -0.15) is 0 Å². The highest BCUT2D eigenvalue weighted by atomic mass is 35.5. The van der Waals surface area contributed by atoms with Gasteiger partial charge in [0.05, 0.1) is 23.9 Å². The molecule has 0 radical (unpaired) electrons. The Morgan fingerprint density at radius 2 is 1.32 bits per heavy atom. The molecule has 0 aliphatic carbocycles. The highest BCUT2D eigenvalue weighted by Gasteiger charge is 2.10. The zero-order chi connectivity index (χ0) is 17.2. The van der Waals surface area contributed by atoms with E-state index in [1.54, 1.807) is 24.7 Å². The van der Waals surface area contributed by atoms with Crippen molar-refractivity contribution >= 4 is 11.6 Å². The number of phenolic OH excluding ortho intramolecular Hbond substituents is 1. The van der Waals surface area contributed by atoms with Crippen LogP contribution in [0.4, 0.5) is 0 Å². The molecule has 4 aromatic rings. The molecule has 25 heavy (non-hydrogen) atoms. The summed E-state index contributed by atoms with van der Waals surface area (Å²) in [4.78, 5) is 4.79. The van der Waals surface area contributed by atoms with E-state index in [1.165, 1.54) is 0 Å². The second kappa shape index (κ2) is 6.46. The van der Waals surface area contributed by atoms with E-state index in [0.717, 1.165) is 33.6 Å². The van der Waals surface area contributed by atoms with E-state index in [-0.39, 0.29) is 5.75 Å². The van der Waals surface area contributed by atoms with E-state index in [4.69, 9.17) is 21.0 Å². The fourth-order valence-electron chi connectivity index (χ4n) is 2.67. The highest BCUT2D eigenvalue weighted by Crippen LogP contribution is 2.31. The molecule has 0 fully saturated rings. The van der Waals surface area contributed by atoms with Crippen LogP contribution < -0.4 is 0 Å². The van der Waals surface area contributed by atoms with Gasteiger partial charge < -0.3 is 9.52 Å². The molecular weight excluding hydrogens is 334 g/mol. The van der Waals surface area contributed by atoms with Gasteiger partial charge in [0.2, 0.25) is 0 Å². The van der Waals surface area contributed by atoms with Crippen molar-refractivity contribution in [2.24, 2.45) is 0 Å². The van der Waals surface area contributed by atoms with Gasteiger partial charge in [-0.3, -0.25) is 0 Å². The Kier molecular flexibility index (Phi) is 4.00. The first-order chi connectivity index (χ1) is 12.2. The molecule has 0 bridgehead atoms. The van der Waals surface area contributed by atoms with Gasteiger partial charge >= 0.3 is 0 Å². The summed E-state index contributed by atoms with van der Waals surface area (Å²) in [6, 6.07) is 20.6. The van der Waals surface area contributed by atoms with Crippen LogP contribution in [-0.4, -0.2) is 10.1 Å². The second-order valence-corrected chi connectivity index (χ2v) is 6.13. The van der Waals surface area contributed by atoms with Gasteiger partial charge in [0.15, 0.2) is 0 Å². The largest absolute Gasteiger partial charge is 0.508 e. The van der Waals surface area contributed by atoms with E-state index in [9.17, 15) is 5.11 Å². The van der Waals surface area contributed by atoms with Gasteiger partial charge in [0.1, 0.15) is 5.75 Å². The lowest BCUT2D eigenvalue weighted by atomic mass is 10.0. The van der Waals surface area contributed by atoms with Crippen molar-refractivity contribution < 1.29 is 9.52 Å². The van der Waals surface area contributed by atoms with Crippen molar-refractivity contribution in [1.29, 1.82) is 0 Å². The Morgan fingerprint density at radius 3 is 1.88 bits per heavy atom. The van der Waals surface area contributed by atoms with Crippen molar-refractivity contribution in [2.75, 3.05) is 0 Å². The van der Waals surface area contributed by atoms with Crippen LogP contribution in [-0.2, 0) is 0 Å². The van der Waals surface area contributed by atoms with Crippen LogP contribution in [0.1, 0.15) is 0 Å². The van der Waals surface area contributed by atoms with Crippen LogP contribution in [0.25, 0.3) is 33.6 Å². The van der Waals surface area contributed by atoms with Gasteiger partial charge in [-0.15, -0.1) is 0 Å². The molecule has 2 aromatic carbocycles. The molecule has 0 spiro atoms. The van der Waals surface area contributed by atoms with Crippen molar-refractivity contribution in [3.8, 4) is 39.4 Å². The molecule has 0 aliphatic heterocycles. The van der Waals surface area contributed by atoms with Crippen LogP contribution in [0.15, 0.2) is 83.7 Å². The van der Waals surface area contributed by atoms with Crippen molar-refractivity contribution in [1.82, 2.24) is 4.98 Å². The van der Waals surface area contributed by atoms with Gasteiger partial charge in [-0.05, 0) is 60.2 Å². The zero-order valence-electron chi connectivity index (χ0n) is 13.2. The number of hydrogen-bond donors (Lipinski definition) is 1. The lowest BCUT2D eigenvalue weighted by molar-refractivity contribution is 0.475. The highest BCUT2D eigenvalue weighted by molar-refractivity contribution is 6.30. The predicted octanol–water partition coefficient (Wildman–Crippen LogP) is 6.03. The fraction of sp³-hybridized carbons (Fsp3) is 0. The average molecular weight is 348 g/mol. The maximum Gasteiger partial charge on any atom is 0.115 e. The van der Waals surface area contributed by atoms with E-state index >= 15 is 0 Å². The average Bonchev–Trinajstić information content (AvgIpc) is 3.17. The number of halogens is 1. The molecule has 122 valence electrons. The van der Waals surface area contributed by atoms with Gasteiger partial charge in [0, 0.05) is 21.7 Å². The number of aromatic hydroxyl groups is 1. The number of pyridine rings is 1. The summed E-state index contributed by atoms with van der Waals surface area (Å²) >= 11 is 6.00. The summed E-state index contributed by atoms with van der Waals surface area (Å²) in [7, 11) is 0. The first kappa shape index (κ1) is 15.5. The topological polar surface area (TPSA) is 46.3 Å². The Balaban J connectivity index is 1.88. The van der Waals surface area contributed by atoms with Crippen molar-refractivity contribution in [2.45, 2.75) is 0 Å². The van der Waals surface area contributed by atoms with Crippen LogP contribution in [0.5, 0.6) is 5.75 Å². The Morgan fingerprint density at radius 1 is 0.720 bits per heavy atom. The normalized spacial score (nSPS) is 10.8. The molecule has 4 rings (SSSR count). The third-order valence-corrected chi connectivity index (χ3v) is 4.23. The summed E-state index contributed by atoms with van der Waals surface area (Å²) in [6.45, 7) is 0. The number of furan rings is 1. The monoisotopic (exact) mass is 347 g/mol. The van der Waals surface area contributed by atoms with Crippen molar-refractivity contribution in [3.05, 3.63) is 84.3 Å². The molecule has 0 saturated heterocycles. The number of rotatable bonds is 3. The Hall–Kier alpha value is -3.04. The summed E-state index contributed by atoms with van der Waals surface area (Å²) in [6.07, 6.45) is 3.36. The summed E-state index contributed by atoms with van der Waals surface area (Å²) in [5, 5.41) is 10.2. The third kappa shape index (κ3) is 3.28. The maximum absolute atomic E-state index is 9.52. The lowest BCUT2D eigenvalue weighted by Gasteiger charge is -2.09. The van der Waals surface area contributed by atoms with Crippen molar-refractivity contribution in [3.63, 3.8) is 0 Å². The lowest BCUT2D eigenvalue weighted by Crippen LogP contribution is -1.90. The van der Waals surface area contributed by atoms with Gasteiger partial charge in [-0.25, -0.2) is 4.98 Å². The van der Waals surface area contributed by atoms with Crippen LogP contribution in [0.3, 0.4) is 0 Å². The Bertz CT molecular complexity index is 928. The number of aromatic nitrogens is 1. The minimum absolute atomic E-state index is 0.229. The summed E-state index contributed by atoms with van der Waals surface area (Å²) in [5.74, 6) is 0.229. The third-order valence-electron chi connectivity index (χ3n) is 3.98. The number of phenols is 1. The maximum atomic E-state index is 9.52. The van der Waals surface area contributed by atoms with E-state index in [1.807, 2.05) is 54.6 Å². The van der Waals surface area contributed by atoms with Gasteiger partial charge in [-0.1, -0.05) is 23.7 Å². The zero-order valence-corrected chi connectivity index (χ0v) is 13.9. The number of hydrogen-bond acceptors (Lipinski definition) is 3. The summed E-state index contributed by atoms with van der Waals surface area (Å²) in [5.41, 5.74) is 5.57.